The Kier molecular flexibility index (Phi) is 3.25. The lowest BCUT2D eigenvalue weighted by Crippen LogP contribution is -2.28. The van der Waals surface area contributed by atoms with Gasteiger partial charge >= 0.3 is 5.97 Å². The molecular formula is C13H16O3. The lowest BCUT2D eigenvalue weighted by molar-refractivity contribution is -0.148. The van der Waals surface area contributed by atoms with E-state index >= 15 is 0 Å². The van der Waals surface area contributed by atoms with E-state index in [1.807, 2.05) is 37.3 Å². The van der Waals surface area contributed by atoms with Crippen LogP contribution in [0.25, 0.3) is 0 Å². The molecule has 1 saturated heterocycles. The van der Waals surface area contributed by atoms with Gasteiger partial charge in [-0.2, -0.15) is 0 Å². The van der Waals surface area contributed by atoms with Gasteiger partial charge in [-0.1, -0.05) is 30.3 Å². The van der Waals surface area contributed by atoms with E-state index in [0.29, 0.717) is 19.8 Å². The van der Waals surface area contributed by atoms with Crippen LogP contribution < -0.4 is 0 Å². The van der Waals surface area contributed by atoms with Gasteiger partial charge in [0.05, 0.1) is 25.2 Å². The molecule has 1 atom stereocenters. The van der Waals surface area contributed by atoms with Gasteiger partial charge in [0, 0.05) is 0 Å². The SMILES string of the molecule is C[C@@]1(COCc2ccccc2)CCOC1=O. The van der Waals surface area contributed by atoms with Crippen LogP contribution in [0.15, 0.2) is 30.3 Å². The molecule has 0 bridgehead atoms. The van der Waals surface area contributed by atoms with Crippen LogP contribution in [-0.2, 0) is 20.9 Å². The number of cyclic esters (lactones) is 1. The fraction of sp³-hybridized carbons (Fsp3) is 0.462. The fourth-order valence-corrected chi connectivity index (χ4v) is 1.74. The first-order valence-electron chi connectivity index (χ1n) is 5.50. The molecule has 0 radical (unpaired) electrons. The molecule has 1 heterocycles. The average Bonchev–Trinajstić information content (AvgIpc) is 2.61. The van der Waals surface area contributed by atoms with E-state index in [1.165, 1.54) is 0 Å². The Labute approximate surface area is 95.4 Å². The zero-order valence-corrected chi connectivity index (χ0v) is 9.44. The van der Waals surface area contributed by atoms with Crippen LogP contribution in [0.3, 0.4) is 0 Å². The highest BCUT2D eigenvalue weighted by atomic mass is 16.5. The third-order valence-corrected chi connectivity index (χ3v) is 2.91. The second-order valence-corrected chi connectivity index (χ2v) is 4.42. The van der Waals surface area contributed by atoms with E-state index in [0.717, 1.165) is 12.0 Å². The largest absolute Gasteiger partial charge is 0.465 e. The molecular weight excluding hydrogens is 204 g/mol. The van der Waals surface area contributed by atoms with Crippen LogP contribution in [0.5, 0.6) is 0 Å². The zero-order chi connectivity index (χ0) is 11.4. The standard InChI is InChI=1S/C13H16O3/c1-13(7-8-16-12(13)14)10-15-9-11-5-3-2-4-6-11/h2-6H,7-10H2,1H3/t13-/m0/s1. The molecule has 0 unspecified atom stereocenters. The van der Waals surface area contributed by atoms with E-state index in [-0.39, 0.29) is 5.97 Å². The Bertz CT molecular complexity index is 361. The Morgan fingerprint density at radius 2 is 2.12 bits per heavy atom. The van der Waals surface area contributed by atoms with Gasteiger partial charge < -0.3 is 9.47 Å². The number of rotatable bonds is 4. The highest BCUT2D eigenvalue weighted by Crippen LogP contribution is 2.29. The number of esters is 1. The van der Waals surface area contributed by atoms with Crippen molar-refractivity contribution in [2.45, 2.75) is 20.0 Å². The highest BCUT2D eigenvalue weighted by Gasteiger charge is 2.40. The summed E-state index contributed by atoms with van der Waals surface area (Å²) in [5.41, 5.74) is 0.673. The molecule has 1 aromatic carbocycles. The van der Waals surface area contributed by atoms with Gasteiger partial charge in [-0.15, -0.1) is 0 Å². The maximum absolute atomic E-state index is 11.4. The van der Waals surface area contributed by atoms with Crippen molar-refractivity contribution in [1.82, 2.24) is 0 Å². The normalized spacial score (nSPS) is 24.4. The van der Waals surface area contributed by atoms with Crippen molar-refractivity contribution in [3.63, 3.8) is 0 Å². The van der Waals surface area contributed by atoms with Crippen molar-refractivity contribution in [3.05, 3.63) is 35.9 Å². The molecule has 0 spiro atoms. The molecule has 3 nitrogen and oxygen atoms in total. The zero-order valence-electron chi connectivity index (χ0n) is 9.44. The summed E-state index contributed by atoms with van der Waals surface area (Å²) in [6, 6.07) is 9.94. The molecule has 0 amide bonds. The van der Waals surface area contributed by atoms with Crippen molar-refractivity contribution in [3.8, 4) is 0 Å². The smallest absolute Gasteiger partial charge is 0.314 e. The molecule has 1 fully saturated rings. The summed E-state index contributed by atoms with van der Waals surface area (Å²) in [6.07, 6.45) is 0.751. The van der Waals surface area contributed by atoms with Crippen molar-refractivity contribution < 1.29 is 14.3 Å². The van der Waals surface area contributed by atoms with Gasteiger partial charge in [0.2, 0.25) is 0 Å². The fourth-order valence-electron chi connectivity index (χ4n) is 1.74. The summed E-state index contributed by atoms with van der Waals surface area (Å²) in [7, 11) is 0. The summed E-state index contributed by atoms with van der Waals surface area (Å²) >= 11 is 0. The summed E-state index contributed by atoms with van der Waals surface area (Å²) < 4.78 is 10.5. The van der Waals surface area contributed by atoms with Crippen LogP contribution in [0.1, 0.15) is 18.9 Å². The van der Waals surface area contributed by atoms with E-state index in [9.17, 15) is 4.79 Å². The summed E-state index contributed by atoms with van der Waals surface area (Å²) in [5.74, 6) is -0.138. The first-order valence-corrected chi connectivity index (χ1v) is 5.50. The minimum Gasteiger partial charge on any atom is -0.465 e. The van der Waals surface area contributed by atoms with E-state index in [2.05, 4.69) is 0 Å². The predicted octanol–water partition coefficient (Wildman–Crippen LogP) is 2.16. The first-order chi connectivity index (χ1) is 7.71. The third-order valence-electron chi connectivity index (χ3n) is 2.91. The number of ether oxygens (including phenoxy) is 2. The number of carbonyl (C=O) groups excluding carboxylic acids is 1. The second-order valence-electron chi connectivity index (χ2n) is 4.42. The first kappa shape index (κ1) is 11.1. The molecule has 1 aromatic rings. The van der Waals surface area contributed by atoms with E-state index < -0.39 is 5.41 Å². The Morgan fingerprint density at radius 1 is 1.38 bits per heavy atom. The molecule has 16 heavy (non-hydrogen) atoms. The number of benzene rings is 1. The van der Waals surface area contributed by atoms with Crippen LogP contribution in [-0.4, -0.2) is 19.2 Å². The van der Waals surface area contributed by atoms with Crippen LogP contribution in [0.4, 0.5) is 0 Å². The molecule has 0 saturated carbocycles. The van der Waals surface area contributed by atoms with Crippen LogP contribution >= 0.6 is 0 Å². The second kappa shape index (κ2) is 4.66. The Hall–Kier alpha value is -1.35. The number of hydrogen-bond donors (Lipinski definition) is 0. The maximum atomic E-state index is 11.4. The van der Waals surface area contributed by atoms with E-state index in [1.54, 1.807) is 0 Å². The van der Waals surface area contributed by atoms with Gasteiger partial charge in [-0.05, 0) is 18.9 Å². The lowest BCUT2D eigenvalue weighted by Gasteiger charge is -2.18. The van der Waals surface area contributed by atoms with Crippen molar-refractivity contribution in [2.75, 3.05) is 13.2 Å². The molecule has 3 heteroatoms. The van der Waals surface area contributed by atoms with Crippen LogP contribution in [0.2, 0.25) is 0 Å². The molecule has 86 valence electrons. The van der Waals surface area contributed by atoms with Crippen molar-refractivity contribution >= 4 is 5.97 Å². The maximum Gasteiger partial charge on any atom is 0.314 e. The molecule has 1 aliphatic rings. The minimum absolute atomic E-state index is 0.138. The Morgan fingerprint density at radius 3 is 2.75 bits per heavy atom. The molecule has 0 aromatic heterocycles. The number of hydrogen-bond acceptors (Lipinski definition) is 3. The van der Waals surface area contributed by atoms with Gasteiger partial charge in [-0.25, -0.2) is 0 Å². The topological polar surface area (TPSA) is 35.5 Å². The van der Waals surface area contributed by atoms with Gasteiger partial charge in [0.25, 0.3) is 0 Å². The quantitative estimate of drug-likeness (QED) is 0.729. The van der Waals surface area contributed by atoms with Crippen molar-refractivity contribution in [1.29, 1.82) is 0 Å². The average molecular weight is 220 g/mol. The van der Waals surface area contributed by atoms with Crippen molar-refractivity contribution in [2.24, 2.45) is 5.41 Å². The molecule has 2 rings (SSSR count). The predicted molar refractivity (Wildman–Crippen MR) is 59.8 cm³/mol. The molecule has 1 aliphatic heterocycles. The highest BCUT2D eigenvalue weighted by molar-refractivity contribution is 5.78. The summed E-state index contributed by atoms with van der Waals surface area (Å²) in [4.78, 5) is 11.4. The minimum atomic E-state index is -0.450. The Balaban J connectivity index is 1.82. The van der Waals surface area contributed by atoms with E-state index in [4.69, 9.17) is 9.47 Å². The van der Waals surface area contributed by atoms with Gasteiger partial charge in [0.1, 0.15) is 0 Å². The monoisotopic (exact) mass is 220 g/mol. The number of carbonyl (C=O) groups is 1. The molecule has 0 aliphatic carbocycles. The van der Waals surface area contributed by atoms with Gasteiger partial charge in [-0.3, -0.25) is 4.79 Å². The summed E-state index contributed by atoms with van der Waals surface area (Å²) in [5, 5.41) is 0. The third kappa shape index (κ3) is 2.42. The molecule has 0 N–H and O–H groups in total. The lowest BCUT2D eigenvalue weighted by atomic mass is 9.90. The summed E-state index contributed by atoms with van der Waals surface area (Å²) in [6.45, 7) is 3.39. The van der Waals surface area contributed by atoms with Gasteiger partial charge in [0.15, 0.2) is 0 Å². The van der Waals surface area contributed by atoms with Crippen LogP contribution in [0, 0.1) is 5.41 Å².